The Balaban J connectivity index is 2.17. The minimum absolute atomic E-state index is 0.376. The molecule has 142 valence electrons. The van der Waals surface area contributed by atoms with Crippen molar-refractivity contribution in [3.05, 3.63) is 42.1 Å². The van der Waals surface area contributed by atoms with Crippen molar-refractivity contribution in [1.29, 1.82) is 5.26 Å². The molecular weight excluding hydrogens is 342 g/mol. The van der Waals surface area contributed by atoms with Crippen LogP contribution in [0.5, 0.6) is 5.75 Å². The highest BCUT2D eigenvalue weighted by atomic mass is 16.5. The molecule has 0 aliphatic heterocycles. The molecule has 0 saturated carbocycles. The number of benzene rings is 1. The van der Waals surface area contributed by atoms with Crippen molar-refractivity contribution in [2.75, 3.05) is 19.0 Å². The Hall–Kier alpha value is -3.07. The van der Waals surface area contributed by atoms with E-state index in [1.165, 1.54) is 7.11 Å². The Morgan fingerprint density at radius 3 is 2.63 bits per heavy atom. The standard InChI is InChI=1S/C21H25N3O3/c1-14(2)9-15(3)13-27-19-6-5-16(10-18(19)12-22)17-7-8-23-20(11-17)24-21(25)26-4/h5-8,10-11,14-15H,9,13H2,1-4H3,(H,23,24,25). The van der Waals surface area contributed by atoms with Gasteiger partial charge in [-0.2, -0.15) is 5.26 Å². The first-order valence-corrected chi connectivity index (χ1v) is 8.91. The molecule has 1 N–H and O–H groups in total. The molecule has 1 unspecified atom stereocenters. The topological polar surface area (TPSA) is 84.2 Å². The second kappa shape index (κ2) is 9.58. The van der Waals surface area contributed by atoms with Crippen LogP contribution in [0.3, 0.4) is 0 Å². The number of amides is 1. The average Bonchev–Trinajstić information content (AvgIpc) is 2.65. The predicted octanol–water partition coefficient (Wildman–Crippen LogP) is 4.86. The summed E-state index contributed by atoms with van der Waals surface area (Å²) in [4.78, 5) is 15.4. The van der Waals surface area contributed by atoms with Gasteiger partial charge in [-0.15, -0.1) is 0 Å². The number of carbonyl (C=O) groups is 1. The minimum Gasteiger partial charge on any atom is -0.492 e. The zero-order chi connectivity index (χ0) is 19.8. The van der Waals surface area contributed by atoms with Crippen molar-refractivity contribution < 1.29 is 14.3 Å². The summed E-state index contributed by atoms with van der Waals surface area (Å²) in [6.45, 7) is 7.09. The van der Waals surface area contributed by atoms with E-state index in [9.17, 15) is 10.1 Å². The van der Waals surface area contributed by atoms with Crippen LogP contribution in [-0.4, -0.2) is 24.8 Å². The van der Waals surface area contributed by atoms with Crippen LogP contribution >= 0.6 is 0 Å². The predicted molar refractivity (Wildman–Crippen MR) is 105 cm³/mol. The average molecular weight is 367 g/mol. The highest BCUT2D eigenvalue weighted by Crippen LogP contribution is 2.28. The van der Waals surface area contributed by atoms with E-state index in [1.54, 1.807) is 18.3 Å². The lowest BCUT2D eigenvalue weighted by Gasteiger charge is -2.16. The van der Waals surface area contributed by atoms with E-state index >= 15 is 0 Å². The van der Waals surface area contributed by atoms with E-state index in [4.69, 9.17) is 4.74 Å². The van der Waals surface area contributed by atoms with Crippen LogP contribution < -0.4 is 10.1 Å². The maximum Gasteiger partial charge on any atom is 0.412 e. The van der Waals surface area contributed by atoms with Gasteiger partial charge in [0.25, 0.3) is 0 Å². The van der Waals surface area contributed by atoms with E-state index < -0.39 is 6.09 Å². The number of carbonyl (C=O) groups excluding carboxylic acids is 1. The molecule has 0 aliphatic carbocycles. The number of hydrogen-bond acceptors (Lipinski definition) is 5. The van der Waals surface area contributed by atoms with Gasteiger partial charge in [-0.1, -0.05) is 26.8 Å². The van der Waals surface area contributed by atoms with Crippen LogP contribution in [0.4, 0.5) is 10.6 Å². The van der Waals surface area contributed by atoms with Gasteiger partial charge in [0.05, 0.1) is 19.3 Å². The van der Waals surface area contributed by atoms with Crippen molar-refractivity contribution in [2.24, 2.45) is 11.8 Å². The lowest BCUT2D eigenvalue weighted by atomic mass is 10.00. The highest BCUT2D eigenvalue weighted by molar-refractivity contribution is 5.84. The normalized spacial score (nSPS) is 11.6. The number of methoxy groups -OCH3 is 1. The third-order valence-electron chi connectivity index (χ3n) is 4.01. The van der Waals surface area contributed by atoms with Crippen molar-refractivity contribution in [3.63, 3.8) is 0 Å². The Morgan fingerprint density at radius 1 is 1.22 bits per heavy atom. The van der Waals surface area contributed by atoms with Crippen LogP contribution in [0.15, 0.2) is 36.5 Å². The molecule has 0 saturated heterocycles. The molecule has 0 fully saturated rings. The Kier molecular flexibility index (Phi) is 7.18. The number of nitrogens with one attached hydrogen (secondary N) is 1. The first-order valence-electron chi connectivity index (χ1n) is 8.91. The second-order valence-electron chi connectivity index (χ2n) is 6.91. The largest absolute Gasteiger partial charge is 0.492 e. The number of aromatic nitrogens is 1. The molecule has 1 heterocycles. The summed E-state index contributed by atoms with van der Waals surface area (Å²) in [6.07, 6.45) is 2.08. The summed E-state index contributed by atoms with van der Waals surface area (Å²) in [5.74, 6) is 1.99. The van der Waals surface area contributed by atoms with Crippen LogP contribution in [0, 0.1) is 23.2 Å². The molecule has 27 heavy (non-hydrogen) atoms. The first-order chi connectivity index (χ1) is 12.9. The van der Waals surface area contributed by atoms with Crippen molar-refractivity contribution in [2.45, 2.75) is 27.2 Å². The van der Waals surface area contributed by atoms with Gasteiger partial charge in [-0.25, -0.2) is 9.78 Å². The zero-order valence-electron chi connectivity index (χ0n) is 16.2. The van der Waals surface area contributed by atoms with Gasteiger partial charge in [-0.3, -0.25) is 5.32 Å². The molecular formula is C21H25N3O3. The molecule has 0 radical (unpaired) electrons. The number of pyridine rings is 1. The minimum atomic E-state index is -0.586. The van der Waals surface area contributed by atoms with Gasteiger partial charge in [0, 0.05) is 6.20 Å². The van der Waals surface area contributed by atoms with E-state index in [-0.39, 0.29) is 0 Å². The number of rotatable bonds is 7. The van der Waals surface area contributed by atoms with Gasteiger partial charge in [-0.05, 0) is 53.6 Å². The molecule has 6 heteroatoms. The SMILES string of the molecule is COC(=O)Nc1cc(-c2ccc(OCC(C)CC(C)C)c(C#N)c2)ccn1. The summed E-state index contributed by atoms with van der Waals surface area (Å²) in [5.41, 5.74) is 2.14. The quantitative estimate of drug-likeness (QED) is 0.755. The van der Waals surface area contributed by atoms with Crippen molar-refractivity contribution in [3.8, 4) is 22.9 Å². The molecule has 0 aliphatic rings. The van der Waals surface area contributed by atoms with Gasteiger partial charge < -0.3 is 9.47 Å². The fourth-order valence-electron chi connectivity index (χ4n) is 2.86. The fraction of sp³-hybridized carbons (Fsp3) is 0.381. The number of hydrogen-bond donors (Lipinski definition) is 1. The monoisotopic (exact) mass is 367 g/mol. The van der Waals surface area contributed by atoms with Gasteiger partial charge >= 0.3 is 6.09 Å². The summed E-state index contributed by atoms with van der Waals surface area (Å²) < 4.78 is 10.4. The summed E-state index contributed by atoms with van der Waals surface area (Å²) in [5, 5.41) is 12.0. The number of nitrogens with zero attached hydrogens (tertiary/aromatic N) is 2. The summed E-state index contributed by atoms with van der Waals surface area (Å²) >= 11 is 0. The van der Waals surface area contributed by atoms with Gasteiger partial charge in [0.15, 0.2) is 0 Å². The molecule has 2 rings (SSSR count). The summed E-state index contributed by atoms with van der Waals surface area (Å²) in [7, 11) is 1.29. The molecule has 0 bridgehead atoms. The van der Waals surface area contributed by atoms with Crippen LogP contribution in [-0.2, 0) is 4.74 Å². The maximum atomic E-state index is 11.3. The molecule has 6 nitrogen and oxygen atoms in total. The molecule has 2 aromatic rings. The molecule has 1 atom stereocenters. The van der Waals surface area contributed by atoms with E-state index in [2.05, 4.69) is 41.9 Å². The number of ether oxygens (including phenoxy) is 2. The third kappa shape index (κ3) is 6.00. The Morgan fingerprint density at radius 2 is 1.96 bits per heavy atom. The van der Waals surface area contributed by atoms with E-state index in [1.807, 2.05) is 18.2 Å². The van der Waals surface area contributed by atoms with Crippen molar-refractivity contribution in [1.82, 2.24) is 4.98 Å². The smallest absolute Gasteiger partial charge is 0.412 e. The van der Waals surface area contributed by atoms with Crippen LogP contribution in [0.2, 0.25) is 0 Å². The second-order valence-corrected chi connectivity index (χ2v) is 6.91. The lowest BCUT2D eigenvalue weighted by molar-refractivity contribution is 0.187. The molecule has 1 amide bonds. The third-order valence-corrected chi connectivity index (χ3v) is 4.01. The van der Waals surface area contributed by atoms with Crippen LogP contribution in [0.25, 0.3) is 11.1 Å². The lowest BCUT2D eigenvalue weighted by Crippen LogP contribution is -2.12. The number of nitriles is 1. The van der Waals surface area contributed by atoms with Crippen LogP contribution in [0.1, 0.15) is 32.8 Å². The Labute approximate surface area is 160 Å². The van der Waals surface area contributed by atoms with Crippen molar-refractivity contribution >= 4 is 11.9 Å². The van der Waals surface area contributed by atoms with E-state index in [0.29, 0.717) is 35.6 Å². The molecule has 1 aromatic heterocycles. The zero-order valence-corrected chi connectivity index (χ0v) is 16.2. The van der Waals surface area contributed by atoms with E-state index in [0.717, 1.165) is 17.5 Å². The Bertz CT molecular complexity index is 828. The maximum absolute atomic E-state index is 11.3. The summed E-state index contributed by atoms with van der Waals surface area (Å²) in [6, 6.07) is 11.2. The molecule has 0 spiro atoms. The van der Waals surface area contributed by atoms with Gasteiger partial charge in [0.1, 0.15) is 17.6 Å². The first kappa shape index (κ1) is 20.2. The fourth-order valence-corrected chi connectivity index (χ4v) is 2.86. The number of anilines is 1. The molecule has 1 aromatic carbocycles. The highest BCUT2D eigenvalue weighted by Gasteiger charge is 2.11. The van der Waals surface area contributed by atoms with Gasteiger partial charge in [0.2, 0.25) is 0 Å².